The first-order valence-corrected chi connectivity index (χ1v) is 6.90. The van der Waals surface area contributed by atoms with Crippen molar-refractivity contribution in [3.8, 4) is 6.07 Å². The fraction of sp³-hybridized carbons (Fsp3) is 0.533. The highest BCUT2D eigenvalue weighted by Crippen LogP contribution is 2.27. The van der Waals surface area contributed by atoms with Crippen molar-refractivity contribution in [1.29, 1.82) is 5.26 Å². The van der Waals surface area contributed by atoms with Gasteiger partial charge in [0.25, 0.3) is 0 Å². The fourth-order valence-corrected chi connectivity index (χ4v) is 2.66. The average molecular weight is 261 g/mol. The molecule has 2 rings (SSSR count). The second-order valence-corrected chi connectivity index (χ2v) is 4.94. The van der Waals surface area contributed by atoms with E-state index in [2.05, 4.69) is 17.1 Å². The number of piperazine rings is 1. The molecule has 1 fully saturated rings. The van der Waals surface area contributed by atoms with E-state index in [0.717, 1.165) is 44.6 Å². The van der Waals surface area contributed by atoms with Crippen LogP contribution in [0.25, 0.3) is 0 Å². The molecular weight excluding hydrogens is 241 g/mol. The van der Waals surface area contributed by atoms with Gasteiger partial charge in [0.15, 0.2) is 0 Å². The lowest BCUT2D eigenvalue weighted by atomic mass is 9.98. The van der Waals surface area contributed by atoms with Gasteiger partial charge >= 0.3 is 0 Å². The molecule has 1 aromatic rings. The Balaban J connectivity index is 2.25. The standard InChI is InChI=1S/C15H20FN3/c1-2-3-15(19-8-6-18-7-9-19)12-4-5-14(16)13(10-12)11-17/h4-5,10,15,18H,2-3,6-9H2,1H3/t15-/m0/s1. The average Bonchev–Trinajstić information content (AvgIpc) is 2.46. The van der Waals surface area contributed by atoms with Crippen LogP contribution in [0.2, 0.25) is 0 Å². The van der Waals surface area contributed by atoms with Crippen molar-refractivity contribution >= 4 is 0 Å². The van der Waals surface area contributed by atoms with Crippen molar-refractivity contribution in [2.45, 2.75) is 25.8 Å². The molecule has 1 heterocycles. The molecule has 102 valence electrons. The fourth-order valence-electron chi connectivity index (χ4n) is 2.66. The quantitative estimate of drug-likeness (QED) is 0.905. The summed E-state index contributed by atoms with van der Waals surface area (Å²) < 4.78 is 13.4. The molecule has 1 aliphatic rings. The van der Waals surface area contributed by atoms with Crippen LogP contribution in [-0.4, -0.2) is 31.1 Å². The van der Waals surface area contributed by atoms with Gasteiger partial charge in [-0.15, -0.1) is 0 Å². The van der Waals surface area contributed by atoms with Gasteiger partial charge in [-0.2, -0.15) is 5.26 Å². The molecule has 0 spiro atoms. The van der Waals surface area contributed by atoms with Gasteiger partial charge in [-0.1, -0.05) is 19.4 Å². The zero-order chi connectivity index (χ0) is 13.7. The molecule has 1 aromatic carbocycles. The number of rotatable bonds is 4. The molecule has 1 aliphatic heterocycles. The Bertz CT molecular complexity index is 461. The van der Waals surface area contributed by atoms with Crippen molar-refractivity contribution in [2.24, 2.45) is 0 Å². The maximum absolute atomic E-state index is 13.4. The van der Waals surface area contributed by atoms with Gasteiger partial charge in [-0.25, -0.2) is 4.39 Å². The second kappa shape index (κ2) is 6.65. The van der Waals surface area contributed by atoms with E-state index in [1.807, 2.05) is 12.1 Å². The van der Waals surface area contributed by atoms with Crippen molar-refractivity contribution in [1.82, 2.24) is 10.2 Å². The Morgan fingerprint density at radius 3 is 2.79 bits per heavy atom. The summed E-state index contributed by atoms with van der Waals surface area (Å²) in [6, 6.07) is 7.16. The third-order valence-electron chi connectivity index (χ3n) is 3.65. The molecule has 1 N–H and O–H groups in total. The summed E-state index contributed by atoms with van der Waals surface area (Å²) >= 11 is 0. The number of hydrogen-bond acceptors (Lipinski definition) is 3. The summed E-state index contributed by atoms with van der Waals surface area (Å²) in [7, 11) is 0. The summed E-state index contributed by atoms with van der Waals surface area (Å²) in [5, 5.41) is 12.3. The first-order valence-electron chi connectivity index (χ1n) is 6.90. The Morgan fingerprint density at radius 1 is 1.42 bits per heavy atom. The third-order valence-corrected chi connectivity index (χ3v) is 3.65. The van der Waals surface area contributed by atoms with E-state index in [1.54, 1.807) is 6.07 Å². The Kier molecular flexibility index (Phi) is 4.89. The summed E-state index contributed by atoms with van der Waals surface area (Å²) in [4.78, 5) is 2.42. The summed E-state index contributed by atoms with van der Waals surface area (Å²) in [6.07, 6.45) is 2.12. The molecule has 0 unspecified atom stereocenters. The Labute approximate surface area is 114 Å². The first kappa shape index (κ1) is 14.0. The molecule has 3 nitrogen and oxygen atoms in total. The summed E-state index contributed by atoms with van der Waals surface area (Å²) in [5.41, 5.74) is 1.20. The molecule has 1 saturated heterocycles. The minimum atomic E-state index is -0.429. The van der Waals surface area contributed by atoms with Crippen LogP contribution in [0.4, 0.5) is 4.39 Å². The van der Waals surface area contributed by atoms with Gasteiger partial charge in [-0.3, -0.25) is 4.90 Å². The number of nitrogens with one attached hydrogen (secondary N) is 1. The Hall–Kier alpha value is -1.44. The highest BCUT2D eigenvalue weighted by molar-refractivity contribution is 5.35. The largest absolute Gasteiger partial charge is 0.314 e. The van der Waals surface area contributed by atoms with Crippen LogP contribution in [-0.2, 0) is 0 Å². The molecule has 0 saturated carbocycles. The molecule has 1 atom stereocenters. The monoisotopic (exact) mass is 261 g/mol. The second-order valence-electron chi connectivity index (χ2n) is 4.94. The number of nitriles is 1. The lowest BCUT2D eigenvalue weighted by molar-refractivity contribution is 0.164. The van der Waals surface area contributed by atoms with Gasteiger partial charge < -0.3 is 5.32 Å². The molecule has 0 aromatic heterocycles. The van der Waals surface area contributed by atoms with Crippen LogP contribution in [0, 0.1) is 17.1 Å². The zero-order valence-electron chi connectivity index (χ0n) is 11.3. The number of nitrogens with zero attached hydrogens (tertiary/aromatic N) is 2. The zero-order valence-corrected chi connectivity index (χ0v) is 11.3. The van der Waals surface area contributed by atoms with Gasteiger partial charge in [0.05, 0.1) is 5.56 Å². The third kappa shape index (κ3) is 3.31. The van der Waals surface area contributed by atoms with E-state index in [9.17, 15) is 4.39 Å². The van der Waals surface area contributed by atoms with Gasteiger partial charge in [0.2, 0.25) is 0 Å². The van der Waals surface area contributed by atoms with E-state index in [4.69, 9.17) is 5.26 Å². The van der Waals surface area contributed by atoms with Crippen molar-refractivity contribution in [3.63, 3.8) is 0 Å². The van der Waals surface area contributed by atoms with Crippen molar-refractivity contribution < 1.29 is 4.39 Å². The topological polar surface area (TPSA) is 39.1 Å². The SMILES string of the molecule is CCC[C@@H](c1ccc(F)c(C#N)c1)N1CCNCC1. The van der Waals surface area contributed by atoms with Crippen LogP contribution >= 0.6 is 0 Å². The predicted molar refractivity (Wildman–Crippen MR) is 73.2 cm³/mol. The van der Waals surface area contributed by atoms with Crippen LogP contribution in [0.3, 0.4) is 0 Å². The molecule has 19 heavy (non-hydrogen) atoms. The first-order chi connectivity index (χ1) is 9.26. The minimum Gasteiger partial charge on any atom is -0.314 e. The lowest BCUT2D eigenvalue weighted by Crippen LogP contribution is -2.45. The molecule has 0 amide bonds. The molecule has 0 aliphatic carbocycles. The molecule has 0 radical (unpaired) electrons. The Morgan fingerprint density at radius 2 is 2.16 bits per heavy atom. The van der Waals surface area contributed by atoms with Gasteiger partial charge in [-0.05, 0) is 24.1 Å². The summed E-state index contributed by atoms with van der Waals surface area (Å²) in [5.74, 6) is -0.429. The van der Waals surface area contributed by atoms with Gasteiger partial charge in [0, 0.05) is 32.2 Å². The normalized spacial score (nSPS) is 17.9. The van der Waals surface area contributed by atoms with E-state index in [1.165, 1.54) is 6.07 Å². The predicted octanol–water partition coefficient (Wildman–Crippen LogP) is 2.44. The highest BCUT2D eigenvalue weighted by atomic mass is 19.1. The van der Waals surface area contributed by atoms with Crippen molar-refractivity contribution in [2.75, 3.05) is 26.2 Å². The van der Waals surface area contributed by atoms with Crippen molar-refractivity contribution in [3.05, 3.63) is 35.1 Å². The number of halogens is 1. The number of benzene rings is 1. The molecule has 0 bridgehead atoms. The van der Waals surface area contributed by atoms with E-state index in [-0.39, 0.29) is 5.56 Å². The maximum Gasteiger partial charge on any atom is 0.140 e. The van der Waals surface area contributed by atoms with E-state index < -0.39 is 5.82 Å². The van der Waals surface area contributed by atoms with Crippen LogP contribution in [0.1, 0.15) is 36.9 Å². The lowest BCUT2D eigenvalue weighted by Gasteiger charge is -2.35. The van der Waals surface area contributed by atoms with E-state index >= 15 is 0 Å². The smallest absolute Gasteiger partial charge is 0.140 e. The molecule has 4 heteroatoms. The van der Waals surface area contributed by atoms with Crippen LogP contribution < -0.4 is 5.32 Å². The number of hydrogen-bond donors (Lipinski definition) is 1. The van der Waals surface area contributed by atoms with E-state index in [0.29, 0.717) is 6.04 Å². The summed E-state index contributed by atoms with van der Waals surface area (Å²) in [6.45, 7) is 6.15. The maximum atomic E-state index is 13.4. The van der Waals surface area contributed by atoms with Crippen LogP contribution in [0.5, 0.6) is 0 Å². The van der Waals surface area contributed by atoms with Crippen LogP contribution in [0.15, 0.2) is 18.2 Å². The van der Waals surface area contributed by atoms with Gasteiger partial charge in [0.1, 0.15) is 11.9 Å². The highest BCUT2D eigenvalue weighted by Gasteiger charge is 2.22. The minimum absolute atomic E-state index is 0.147. The molecular formula is C15H20FN3.